The van der Waals surface area contributed by atoms with Crippen molar-refractivity contribution in [2.45, 2.75) is 52.5 Å². The molecule has 2 aliphatic heterocycles. The Labute approximate surface area is 202 Å². The lowest BCUT2D eigenvalue weighted by Crippen LogP contribution is -2.48. The topological polar surface area (TPSA) is 81.7 Å². The lowest BCUT2D eigenvalue weighted by molar-refractivity contribution is -0.137. The molecule has 0 radical (unpaired) electrons. The van der Waals surface area contributed by atoms with Gasteiger partial charge in [-0.2, -0.15) is 18.2 Å². The third-order valence-electron chi connectivity index (χ3n) is 6.49. The summed E-state index contributed by atoms with van der Waals surface area (Å²) in [6.07, 6.45) is -4.44. The van der Waals surface area contributed by atoms with Gasteiger partial charge in [0.05, 0.1) is 12.1 Å². The van der Waals surface area contributed by atoms with Crippen molar-refractivity contribution in [3.05, 3.63) is 46.6 Å². The largest absolute Gasteiger partial charge is 0.416 e. The van der Waals surface area contributed by atoms with E-state index < -0.39 is 17.8 Å². The highest BCUT2D eigenvalue weighted by molar-refractivity contribution is 5.98. The minimum absolute atomic E-state index is 0.000424. The van der Waals surface area contributed by atoms with E-state index in [0.717, 1.165) is 12.1 Å². The van der Waals surface area contributed by atoms with E-state index in [-0.39, 0.29) is 17.9 Å². The molecule has 1 aromatic carbocycles. The van der Waals surface area contributed by atoms with E-state index in [2.05, 4.69) is 10.3 Å². The Morgan fingerprint density at radius 1 is 1.09 bits per heavy atom. The molecule has 1 atom stereocenters. The van der Waals surface area contributed by atoms with Crippen molar-refractivity contribution in [3.8, 4) is 0 Å². The van der Waals surface area contributed by atoms with Crippen LogP contribution in [0.5, 0.6) is 0 Å². The number of fused-ring (bicyclic) bond motifs is 1. The predicted octanol–water partition coefficient (Wildman–Crippen LogP) is 3.70. The van der Waals surface area contributed by atoms with Crippen molar-refractivity contribution < 1.29 is 22.8 Å². The molecule has 0 spiro atoms. The number of hydrogen-bond acceptors (Lipinski definition) is 6. The number of alkyl halides is 3. The Balaban J connectivity index is 1.67. The van der Waals surface area contributed by atoms with Crippen LogP contribution in [0.4, 0.5) is 24.9 Å². The summed E-state index contributed by atoms with van der Waals surface area (Å²) >= 11 is 0. The maximum atomic E-state index is 13.2. The van der Waals surface area contributed by atoms with Crippen LogP contribution in [-0.2, 0) is 17.5 Å². The SMILES string of the molecule is CC(=O)N1CCN(c2nc(N[C@H](C)c3cccc(C(F)(F)F)c3)c3c(n2)C(=O)N(C(C)C)C3)CC1. The number of hydrogen-bond donors (Lipinski definition) is 1. The minimum Gasteiger partial charge on any atom is -0.363 e. The molecular formula is C24H29F3N6O2. The number of carbonyl (C=O) groups excluding carboxylic acids is 2. The molecule has 188 valence electrons. The highest BCUT2D eigenvalue weighted by atomic mass is 19.4. The Kier molecular flexibility index (Phi) is 6.61. The molecule has 2 aliphatic rings. The Hall–Kier alpha value is -3.37. The molecule has 2 amide bonds. The normalized spacial score (nSPS) is 17.1. The van der Waals surface area contributed by atoms with Gasteiger partial charge >= 0.3 is 6.18 Å². The number of nitrogens with zero attached hydrogens (tertiary/aromatic N) is 5. The zero-order valence-corrected chi connectivity index (χ0v) is 20.2. The van der Waals surface area contributed by atoms with Crippen molar-refractivity contribution in [1.82, 2.24) is 19.8 Å². The predicted molar refractivity (Wildman–Crippen MR) is 125 cm³/mol. The molecule has 8 nitrogen and oxygen atoms in total. The summed E-state index contributed by atoms with van der Waals surface area (Å²) in [6, 6.07) is 4.62. The lowest BCUT2D eigenvalue weighted by atomic mass is 10.0. The minimum atomic E-state index is -4.44. The average Bonchev–Trinajstić information content (AvgIpc) is 3.15. The Morgan fingerprint density at radius 2 is 1.77 bits per heavy atom. The maximum absolute atomic E-state index is 13.2. The van der Waals surface area contributed by atoms with Crippen molar-refractivity contribution >= 4 is 23.6 Å². The number of anilines is 2. The number of nitrogens with one attached hydrogen (secondary N) is 1. The molecule has 0 saturated carbocycles. The van der Waals surface area contributed by atoms with Gasteiger partial charge in [0.15, 0.2) is 0 Å². The molecule has 1 saturated heterocycles. The first-order valence-electron chi connectivity index (χ1n) is 11.6. The second-order valence-corrected chi connectivity index (χ2v) is 9.21. The van der Waals surface area contributed by atoms with E-state index in [1.807, 2.05) is 18.7 Å². The summed E-state index contributed by atoms with van der Waals surface area (Å²) in [7, 11) is 0. The third kappa shape index (κ3) is 5.03. The highest BCUT2D eigenvalue weighted by Gasteiger charge is 2.36. The Bertz CT molecular complexity index is 1130. The number of piperazine rings is 1. The smallest absolute Gasteiger partial charge is 0.363 e. The summed E-state index contributed by atoms with van der Waals surface area (Å²) in [4.78, 5) is 39.4. The van der Waals surface area contributed by atoms with Crippen LogP contribution >= 0.6 is 0 Å². The van der Waals surface area contributed by atoms with E-state index in [9.17, 15) is 22.8 Å². The fraction of sp³-hybridized carbons (Fsp3) is 0.500. The molecule has 3 heterocycles. The van der Waals surface area contributed by atoms with Crippen molar-refractivity contribution in [3.63, 3.8) is 0 Å². The molecule has 1 N–H and O–H groups in total. The number of carbonyl (C=O) groups is 2. The first kappa shape index (κ1) is 24.7. The monoisotopic (exact) mass is 490 g/mol. The first-order chi connectivity index (χ1) is 16.5. The number of benzene rings is 1. The molecule has 4 rings (SSSR count). The number of halogens is 3. The summed E-state index contributed by atoms with van der Waals surface area (Å²) < 4.78 is 39.7. The summed E-state index contributed by atoms with van der Waals surface area (Å²) in [5.74, 6) is 0.598. The molecular weight excluding hydrogens is 461 g/mol. The second kappa shape index (κ2) is 9.35. The van der Waals surface area contributed by atoms with E-state index in [0.29, 0.717) is 61.3 Å². The molecule has 1 fully saturated rings. The van der Waals surface area contributed by atoms with Crippen LogP contribution in [0.2, 0.25) is 0 Å². The van der Waals surface area contributed by atoms with Gasteiger partial charge in [-0.05, 0) is 38.5 Å². The van der Waals surface area contributed by atoms with Gasteiger partial charge in [-0.1, -0.05) is 12.1 Å². The van der Waals surface area contributed by atoms with E-state index >= 15 is 0 Å². The average molecular weight is 491 g/mol. The van der Waals surface area contributed by atoms with E-state index in [1.54, 1.807) is 22.8 Å². The number of amides is 2. The third-order valence-corrected chi connectivity index (χ3v) is 6.49. The molecule has 2 aromatic rings. The Morgan fingerprint density at radius 3 is 2.37 bits per heavy atom. The summed E-state index contributed by atoms with van der Waals surface area (Å²) in [5.41, 5.74) is 0.667. The van der Waals surface area contributed by atoms with Gasteiger partial charge in [0.2, 0.25) is 11.9 Å². The molecule has 11 heteroatoms. The van der Waals surface area contributed by atoms with Gasteiger partial charge in [0.25, 0.3) is 5.91 Å². The van der Waals surface area contributed by atoms with Crippen LogP contribution in [0.15, 0.2) is 24.3 Å². The van der Waals surface area contributed by atoms with Gasteiger partial charge in [-0.15, -0.1) is 0 Å². The van der Waals surface area contributed by atoms with Gasteiger partial charge in [-0.25, -0.2) is 4.98 Å². The van der Waals surface area contributed by atoms with Gasteiger partial charge in [0.1, 0.15) is 11.5 Å². The van der Waals surface area contributed by atoms with Crippen molar-refractivity contribution in [2.75, 3.05) is 36.4 Å². The van der Waals surface area contributed by atoms with Gasteiger partial charge in [0, 0.05) is 50.7 Å². The van der Waals surface area contributed by atoms with Crippen LogP contribution < -0.4 is 10.2 Å². The molecule has 0 aliphatic carbocycles. The molecule has 0 unspecified atom stereocenters. The standard InChI is InChI=1S/C24H29F3N6O2/c1-14(2)33-13-19-20(22(33)35)29-23(32-10-8-31(9-11-32)16(4)34)30-21(19)28-15(3)17-6-5-7-18(12-17)24(25,26)27/h5-7,12,14-15H,8-11,13H2,1-4H3,(H,28,29,30)/t15-/m1/s1. The van der Waals surface area contributed by atoms with Gasteiger partial charge in [-0.3, -0.25) is 9.59 Å². The molecule has 35 heavy (non-hydrogen) atoms. The number of rotatable bonds is 5. The van der Waals surface area contributed by atoms with Crippen molar-refractivity contribution in [2.24, 2.45) is 0 Å². The summed E-state index contributed by atoms with van der Waals surface area (Å²) in [5, 5.41) is 3.24. The highest BCUT2D eigenvalue weighted by Crippen LogP contribution is 2.34. The zero-order chi connectivity index (χ0) is 25.5. The zero-order valence-electron chi connectivity index (χ0n) is 20.2. The van der Waals surface area contributed by atoms with Crippen LogP contribution in [-0.4, -0.2) is 63.8 Å². The van der Waals surface area contributed by atoms with E-state index in [1.165, 1.54) is 13.0 Å². The lowest BCUT2D eigenvalue weighted by Gasteiger charge is -2.34. The first-order valence-corrected chi connectivity index (χ1v) is 11.6. The maximum Gasteiger partial charge on any atom is 0.416 e. The molecule has 1 aromatic heterocycles. The van der Waals surface area contributed by atoms with Crippen LogP contribution in [0.1, 0.15) is 60.9 Å². The fourth-order valence-electron chi connectivity index (χ4n) is 4.35. The molecule has 0 bridgehead atoms. The van der Waals surface area contributed by atoms with Crippen LogP contribution in [0, 0.1) is 0 Å². The van der Waals surface area contributed by atoms with Crippen LogP contribution in [0.25, 0.3) is 0 Å². The fourth-order valence-corrected chi connectivity index (χ4v) is 4.35. The quantitative estimate of drug-likeness (QED) is 0.689. The number of aromatic nitrogens is 2. The van der Waals surface area contributed by atoms with Crippen molar-refractivity contribution in [1.29, 1.82) is 0 Å². The van der Waals surface area contributed by atoms with E-state index in [4.69, 9.17) is 4.98 Å². The second-order valence-electron chi connectivity index (χ2n) is 9.21. The van der Waals surface area contributed by atoms with Gasteiger partial charge < -0.3 is 20.0 Å². The van der Waals surface area contributed by atoms with Crippen LogP contribution in [0.3, 0.4) is 0 Å². The summed E-state index contributed by atoms with van der Waals surface area (Å²) in [6.45, 7) is 9.50.